The molecule has 0 aliphatic heterocycles. The quantitative estimate of drug-likeness (QED) is 0.769. The summed E-state index contributed by atoms with van der Waals surface area (Å²) in [6.07, 6.45) is 0. The molecule has 0 aromatic heterocycles. The molecule has 0 fully saturated rings. The first kappa shape index (κ1) is 13.9. The van der Waals surface area contributed by atoms with E-state index in [1.807, 2.05) is 13.0 Å². The lowest BCUT2D eigenvalue weighted by Crippen LogP contribution is -2.06. The number of rotatable bonds is 4. The van der Waals surface area contributed by atoms with Gasteiger partial charge in [-0.1, -0.05) is 41.4 Å². The van der Waals surface area contributed by atoms with Crippen molar-refractivity contribution in [3.63, 3.8) is 0 Å². The molecule has 0 aliphatic rings. The molecular weight excluding hydrogens is 283 g/mol. The molecule has 2 rings (SSSR count). The van der Waals surface area contributed by atoms with Gasteiger partial charge in [-0.05, 0) is 31.2 Å². The fourth-order valence-corrected chi connectivity index (χ4v) is 2.15. The van der Waals surface area contributed by atoms with E-state index in [-0.39, 0.29) is 10.8 Å². The number of para-hydroxylation sites is 1. The molecule has 4 heteroatoms. The zero-order valence-electron chi connectivity index (χ0n) is 10.3. The molecule has 0 atom stereocenters. The summed E-state index contributed by atoms with van der Waals surface area (Å²) in [5.74, 6) is 0.350. The van der Waals surface area contributed by atoms with Gasteiger partial charge >= 0.3 is 0 Å². The lowest BCUT2D eigenvalue weighted by molar-refractivity contribution is 0.103. The van der Waals surface area contributed by atoms with Crippen LogP contribution in [0.3, 0.4) is 0 Å². The third-order valence-corrected chi connectivity index (χ3v) is 3.45. The third-order valence-electron chi connectivity index (χ3n) is 2.63. The van der Waals surface area contributed by atoms with Crippen molar-refractivity contribution in [3.05, 3.63) is 63.6 Å². The van der Waals surface area contributed by atoms with Crippen LogP contribution in [-0.2, 0) is 0 Å². The van der Waals surface area contributed by atoms with E-state index >= 15 is 0 Å². The number of benzene rings is 2. The Kier molecular flexibility index (Phi) is 4.46. The number of carbonyl (C=O) groups is 1. The van der Waals surface area contributed by atoms with E-state index in [1.54, 1.807) is 36.4 Å². The van der Waals surface area contributed by atoms with Gasteiger partial charge in [0, 0.05) is 5.56 Å². The molecule has 0 heterocycles. The van der Waals surface area contributed by atoms with Crippen molar-refractivity contribution in [2.75, 3.05) is 6.61 Å². The molecular formula is C15H12Cl2O2. The molecule has 0 bridgehead atoms. The monoisotopic (exact) mass is 294 g/mol. The maximum atomic E-state index is 12.5. The van der Waals surface area contributed by atoms with Gasteiger partial charge in [0.05, 0.1) is 22.2 Å². The molecule has 98 valence electrons. The fourth-order valence-electron chi connectivity index (χ4n) is 1.76. The second kappa shape index (κ2) is 6.09. The normalized spacial score (nSPS) is 10.3. The standard InChI is InChI=1S/C15H12Cl2O2/c1-2-19-13-9-4-3-6-10(13)15(18)11-7-5-8-12(16)14(11)17/h3-9H,2H2,1H3. The third kappa shape index (κ3) is 2.91. The first-order valence-corrected chi connectivity index (χ1v) is 6.61. The van der Waals surface area contributed by atoms with Crippen molar-refractivity contribution >= 4 is 29.0 Å². The van der Waals surface area contributed by atoms with Crippen LogP contribution in [0.1, 0.15) is 22.8 Å². The van der Waals surface area contributed by atoms with Gasteiger partial charge in [-0.2, -0.15) is 0 Å². The molecule has 0 aliphatic carbocycles. The summed E-state index contributed by atoms with van der Waals surface area (Å²) >= 11 is 12.0. The summed E-state index contributed by atoms with van der Waals surface area (Å²) in [7, 11) is 0. The van der Waals surface area contributed by atoms with Gasteiger partial charge in [-0.25, -0.2) is 0 Å². The van der Waals surface area contributed by atoms with Crippen molar-refractivity contribution in [1.29, 1.82) is 0 Å². The second-order valence-electron chi connectivity index (χ2n) is 3.86. The predicted molar refractivity (Wildman–Crippen MR) is 77.5 cm³/mol. The Bertz CT molecular complexity index is 609. The van der Waals surface area contributed by atoms with Gasteiger partial charge < -0.3 is 4.74 Å². The largest absolute Gasteiger partial charge is 0.493 e. The first-order chi connectivity index (χ1) is 9.15. The minimum absolute atomic E-state index is 0.198. The number of ether oxygens (including phenoxy) is 1. The Morgan fingerprint density at radius 3 is 2.47 bits per heavy atom. The highest BCUT2D eigenvalue weighted by molar-refractivity contribution is 6.44. The average molecular weight is 295 g/mol. The molecule has 2 nitrogen and oxygen atoms in total. The second-order valence-corrected chi connectivity index (χ2v) is 4.64. The highest BCUT2D eigenvalue weighted by Gasteiger charge is 2.18. The highest BCUT2D eigenvalue weighted by Crippen LogP contribution is 2.29. The molecule has 0 amide bonds. The topological polar surface area (TPSA) is 26.3 Å². The number of hydrogen-bond donors (Lipinski definition) is 0. The van der Waals surface area contributed by atoms with Gasteiger partial charge in [-0.3, -0.25) is 4.79 Å². The van der Waals surface area contributed by atoms with Crippen LogP contribution < -0.4 is 4.74 Å². The summed E-state index contributed by atoms with van der Waals surface area (Å²) in [4.78, 5) is 12.5. The first-order valence-electron chi connectivity index (χ1n) is 5.85. The van der Waals surface area contributed by atoms with Crippen LogP contribution in [0.25, 0.3) is 0 Å². The maximum Gasteiger partial charge on any atom is 0.198 e. The molecule has 0 saturated carbocycles. The Morgan fingerprint density at radius 2 is 1.74 bits per heavy atom. The van der Waals surface area contributed by atoms with Crippen LogP contribution >= 0.6 is 23.2 Å². The van der Waals surface area contributed by atoms with E-state index in [1.165, 1.54) is 0 Å². The van der Waals surface area contributed by atoms with Crippen LogP contribution in [0.2, 0.25) is 10.0 Å². The van der Waals surface area contributed by atoms with Crippen LogP contribution in [0.4, 0.5) is 0 Å². The minimum atomic E-state index is -0.198. The Hall–Kier alpha value is -1.51. The van der Waals surface area contributed by atoms with Crippen LogP contribution in [0.5, 0.6) is 5.75 Å². The summed E-state index contributed by atoms with van der Waals surface area (Å²) in [6, 6.07) is 12.1. The number of carbonyl (C=O) groups excluding carboxylic acids is 1. The summed E-state index contributed by atoms with van der Waals surface area (Å²) < 4.78 is 5.45. The Labute approximate surface area is 121 Å². The van der Waals surface area contributed by atoms with Gasteiger partial charge in [0.1, 0.15) is 5.75 Å². The van der Waals surface area contributed by atoms with Crippen LogP contribution in [0.15, 0.2) is 42.5 Å². The van der Waals surface area contributed by atoms with E-state index in [2.05, 4.69) is 0 Å². The number of hydrogen-bond acceptors (Lipinski definition) is 2. The van der Waals surface area contributed by atoms with E-state index in [4.69, 9.17) is 27.9 Å². The van der Waals surface area contributed by atoms with Crippen molar-refractivity contribution in [2.45, 2.75) is 6.92 Å². The molecule has 0 spiro atoms. The Balaban J connectivity index is 2.47. The molecule has 0 unspecified atom stereocenters. The zero-order chi connectivity index (χ0) is 13.8. The molecule has 0 N–H and O–H groups in total. The van der Waals surface area contributed by atoms with E-state index in [9.17, 15) is 4.79 Å². The summed E-state index contributed by atoms with van der Waals surface area (Å²) in [6.45, 7) is 2.36. The summed E-state index contributed by atoms with van der Waals surface area (Å²) in [5.41, 5.74) is 0.856. The van der Waals surface area contributed by atoms with Crippen molar-refractivity contribution in [2.24, 2.45) is 0 Å². The highest BCUT2D eigenvalue weighted by atomic mass is 35.5. The maximum absolute atomic E-state index is 12.5. The molecule has 19 heavy (non-hydrogen) atoms. The van der Waals surface area contributed by atoms with Crippen molar-refractivity contribution < 1.29 is 9.53 Å². The van der Waals surface area contributed by atoms with Crippen molar-refractivity contribution in [1.82, 2.24) is 0 Å². The molecule has 2 aromatic carbocycles. The minimum Gasteiger partial charge on any atom is -0.493 e. The fraction of sp³-hybridized carbons (Fsp3) is 0.133. The van der Waals surface area contributed by atoms with Crippen molar-refractivity contribution in [3.8, 4) is 5.75 Å². The SMILES string of the molecule is CCOc1ccccc1C(=O)c1cccc(Cl)c1Cl. The zero-order valence-corrected chi connectivity index (χ0v) is 11.8. The van der Waals surface area contributed by atoms with Gasteiger partial charge in [-0.15, -0.1) is 0 Å². The van der Waals surface area contributed by atoms with Crippen LogP contribution in [-0.4, -0.2) is 12.4 Å². The predicted octanol–water partition coefficient (Wildman–Crippen LogP) is 4.62. The molecule has 0 saturated heterocycles. The summed E-state index contributed by atoms with van der Waals surface area (Å²) in [5, 5.41) is 0.627. The van der Waals surface area contributed by atoms with Crippen LogP contribution in [0, 0.1) is 0 Å². The lowest BCUT2D eigenvalue weighted by atomic mass is 10.0. The number of halogens is 2. The lowest BCUT2D eigenvalue weighted by Gasteiger charge is -2.10. The van der Waals surface area contributed by atoms with E-state index < -0.39 is 0 Å². The average Bonchev–Trinajstić information content (AvgIpc) is 2.42. The van der Waals surface area contributed by atoms with E-state index in [0.29, 0.717) is 28.5 Å². The van der Waals surface area contributed by atoms with Gasteiger partial charge in [0.15, 0.2) is 5.78 Å². The molecule has 0 radical (unpaired) electrons. The smallest absolute Gasteiger partial charge is 0.198 e. The number of ketones is 1. The molecule has 2 aromatic rings. The van der Waals surface area contributed by atoms with Gasteiger partial charge in [0.2, 0.25) is 0 Å². The van der Waals surface area contributed by atoms with E-state index in [0.717, 1.165) is 0 Å². The van der Waals surface area contributed by atoms with Gasteiger partial charge in [0.25, 0.3) is 0 Å². The Morgan fingerprint density at radius 1 is 1.05 bits per heavy atom.